The second-order valence-electron chi connectivity index (χ2n) is 5.61. The van der Waals surface area contributed by atoms with Crippen LogP contribution in [0, 0.1) is 0 Å². The van der Waals surface area contributed by atoms with Crippen LogP contribution in [0.5, 0.6) is 11.5 Å². The summed E-state index contributed by atoms with van der Waals surface area (Å²) in [6.07, 6.45) is 0. The minimum absolute atomic E-state index is 0.0240. The van der Waals surface area contributed by atoms with Gasteiger partial charge in [-0.1, -0.05) is 30.0 Å². The van der Waals surface area contributed by atoms with Crippen LogP contribution >= 0.6 is 23.1 Å². The van der Waals surface area contributed by atoms with Crippen molar-refractivity contribution in [3.8, 4) is 11.5 Å². The number of nitrogens with zero attached hydrogens (tertiary/aromatic N) is 1. The summed E-state index contributed by atoms with van der Waals surface area (Å²) in [5.41, 5.74) is 1.92. The fourth-order valence-electron chi connectivity index (χ4n) is 2.43. The first kappa shape index (κ1) is 18.5. The van der Waals surface area contributed by atoms with Crippen LogP contribution < -0.4 is 14.8 Å². The lowest BCUT2D eigenvalue weighted by Gasteiger charge is -2.12. The van der Waals surface area contributed by atoms with Crippen molar-refractivity contribution >= 4 is 39.2 Å². The van der Waals surface area contributed by atoms with Gasteiger partial charge in [-0.2, -0.15) is 0 Å². The molecule has 1 N–H and O–H groups in total. The van der Waals surface area contributed by atoms with Crippen LogP contribution in [0.25, 0.3) is 10.2 Å². The largest absolute Gasteiger partial charge is 0.493 e. The molecule has 5 nitrogen and oxygen atoms in total. The van der Waals surface area contributed by atoms with Gasteiger partial charge in [-0.25, -0.2) is 4.98 Å². The number of rotatable bonds is 7. The number of thiazole rings is 1. The molecular weight excluding hydrogens is 368 g/mol. The van der Waals surface area contributed by atoms with Gasteiger partial charge in [0.1, 0.15) is 0 Å². The summed E-state index contributed by atoms with van der Waals surface area (Å²) in [5, 5.41) is 2.74. The van der Waals surface area contributed by atoms with Gasteiger partial charge in [0, 0.05) is 6.54 Å². The lowest BCUT2D eigenvalue weighted by atomic mass is 10.2. The molecular formula is C19H20N2O3S2. The van der Waals surface area contributed by atoms with Crippen LogP contribution in [0.4, 0.5) is 0 Å². The van der Waals surface area contributed by atoms with E-state index < -0.39 is 0 Å². The monoisotopic (exact) mass is 388 g/mol. The van der Waals surface area contributed by atoms with E-state index in [0.29, 0.717) is 18.0 Å². The number of hydrogen-bond donors (Lipinski definition) is 1. The summed E-state index contributed by atoms with van der Waals surface area (Å²) in [7, 11) is 3.19. The zero-order chi connectivity index (χ0) is 18.5. The van der Waals surface area contributed by atoms with E-state index in [9.17, 15) is 4.79 Å². The molecule has 3 aromatic rings. The molecule has 3 rings (SSSR count). The summed E-state index contributed by atoms with van der Waals surface area (Å²) >= 11 is 3.08. The topological polar surface area (TPSA) is 60.5 Å². The van der Waals surface area contributed by atoms with Crippen molar-refractivity contribution in [1.82, 2.24) is 10.3 Å². The van der Waals surface area contributed by atoms with Crippen LogP contribution in [0.15, 0.2) is 46.8 Å². The lowest BCUT2D eigenvalue weighted by molar-refractivity contribution is -0.120. The highest BCUT2D eigenvalue weighted by molar-refractivity contribution is 8.02. The van der Waals surface area contributed by atoms with Crippen molar-refractivity contribution in [2.75, 3.05) is 14.2 Å². The smallest absolute Gasteiger partial charge is 0.233 e. The highest BCUT2D eigenvalue weighted by Gasteiger charge is 2.17. The maximum atomic E-state index is 12.4. The molecule has 26 heavy (non-hydrogen) atoms. The minimum Gasteiger partial charge on any atom is -0.493 e. The maximum Gasteiger partial charge on any atom is 0.233 e. The van der Waals surface area contributed by atoms with Gasteiger partial charge < -0.3 is 14.8 Å². The molecule has 0 saturated heterocycles. The normalized spacial score (nSPS) is 12.0. The van der Waals surface area contributed by atoms with E-state index >= 15 is 0 Å². The van der Waals surface area contributed by atoms with Crippen molar-refractivity contribution in [2.45, 2.75) is 23.1 Å². The maximum absolute atomic E-state index is 12.4. The van der Waals surface area contributed by atoms with E-state index in [1.54, 1.807) is 25.6 Å². The van der Waals surface area contributed by atoms with Gasteiger partial charge in [0.15, 0.2) is 15.8 Å². The minimum atomic E-state index is -0.226. The fourth-order valence-corrected chi connectivity index (χ4v) is 4.67. The third kappa shape index (κ3) is 4.28. The Hall–Kier alpha value is -2.25. The number of benzene rings is 2. The number of thioether (sulfide) groups is 1. The molecule has 1 unspecified atom stereocenters. The number of fused-ring (bicyclic) bond motifs is 1. The molecule has 0 spiro atoms. The summed E-state index contributed by atoms with van der Waals surface area (Å²) in [4.78, 5) is 17.0. The molecule has 1 aromatic heterocycles. The lowest BCUT2D eigenvalue weighted by Crippen LogP contribution is -2.30. The highest BCUT2D eigenvalue weighted by atomic mass is 32.2. The first-order chi connectivity index (χ1) is 12.6. The molecule has 1 atom stereocenters. The molecule has 0 radical (unpaired) electrons. The second kappa shape index (κ2) is 8.42. The second-order valence-corrected chi connectivity index (χ2v) is 8.23. The van der Waals surface area contributed by atoms with Gasteiger partial charge in [0.25, 0.3) is 0 Å². The molecule has 0 fully saturated rings. The Balaban J connectivity index is 1.59. The number of nitrogens with one attached hydrogen (secondary N) is 1. The van der Waals surface area contributed by atoms with E-state index in [0.717, 1.165) is 20.1 Å². The quantitative estimate of drug-likeness (QED) is 0.617. The molecule has 1 heterocycles. The Morgan fingerprint density at radius 2 is 1.96 bits per heavy atom. The first-order valence-corrected chi connectivity index (χ1v) is 9.81. The Kier molecular flexibility index (Phi) is 6.00. The van der Waals surface area contributed by atoms with Crippen molar-refractivity contribution in [3.05, 3.63) is 48.0 Å². The number of carbonyl (C=O) groups is 1. The van der Waals surface area contributed by atoms with E-state index in [-0.39, 0.29) is 11.2 Å². The fraction of sp³-hybridized carbons (Fsp3) is 0.263. The standard InChI is InChI=1S/C19H20N2O3S2/c1-12(25-19-21-14-6-4-5-7-17(14)26-19)18(22)20-11-13-8-9-15(23-2)16(10-13)24-3/h4-10,12H,11H2,1-3H3,(H,20,22). The van der Waals surface area contributed by atoms with Gasteiger partial charge in [-0.15, -0.1) is 11.3 Å². The molecule has 136 valence electrons. The molecule has 0 bridgehead atoms. The predicted molar refractivity (Wildman–Crippen MR) is 106 cm³/mol. The number of carbonyl (C=O) groups excluding carboxylic acids is 1. The first-order valence-electron chi connectivity index (χ1n) is 8.11. The molecule has 0 aliphatic heterocycles. The van der Waals surface area contributed by atoms with Crippen molar-refractivity contribution < 1.29 is 14.3 Å². The van der Waals surface area contributed by atoms with Crippen LogP contribution in [0.3, 0.4) is 0 Å². The van der Waals surface area contributed by atoms with Crippen LogP contribution in [-0.4, -0.2) is 30.4 Å². The number of ether oxygens (including phenoxy) is 2. The predicted octanol–water partition coefficient (Wildman–Crippen LogP) is 4.11. The van der Waals surface area contributed by atoms with Gasteiger partial charge in [-0.3, -0.25) is 4.79 Å². The summed E-state index contributed by atoms with van der Waals surface area (Å²) < 4.78 is 12.6. The SMILES string of the molecule is COc1ccc(CNC(=O)C(C)Sc2nc3ccccc3s2)cc1OC. The molecule has 0 saturated carbocycles. The zero-order valence-electron chi connectivity index (χ0n) is 14.8. The number of aromatic nitrogens is 1. The van der Waals surface area contributed by atoms with Gasteiger partial charge >= 0.3 is 0 Å². The third-order valence-electron chi connectivity index (χ3n) is 3.84. The van der Waals surface area contributed by atoms with Crippen molar-refractivity contribution in [2.24, 2.45) is 0 Å². The Morgan fingerprint density at radius 3 is 2.69 bits per heavy atom. The highest BCUT2D eigenvalue weighted by Crippen LogP contribution is 2.32. The van der Waals surface area contributed by atoms with E-state index in [1.165, 1.54) is 11.8 Å². The molecule has 1 amide bonds. The Labute approximate surface area is 160 Å². The van der Waals surface area contributed by atoms with Crippen LogP contribution in [0.1, 0.15) is 12.5 Å². The number of methoxy groups -OCH3 is 2. The molecule has 2 aromatic carbocycles. The van der Waals surface area contributed by atoms with Crippen LogP contribution in [0.2, 0.25) is 0 Å². The molecule has 0 aliphatic carbocycles. The van der Waals surface area contributed by atoms with E-state index in [4.69, 9.17) is 9.47 Å². The summed E-state index contributed by atoms with van der Waals surface area (Å²) in [6.45, 7) is 2.32. The third-order valence-corrected chi connectivity index (χ3v) is 6.07. The summed E-state index contributed by atoms with van der Waals surface area (Å²) in [5.74, 6) is 1.29. The van der Waals surface area contributed by atoms with Gasteiger partial charge in [0.05, 0.1) is 29.7 Å². The van der Waals surface area contributed by atoms with E-state index in [1.807, 2.05) is 49.4 Å². The Morgan fingerprint density at radius 1 is 1.19 bits per heavy atom. The summed E-state index contributed by atoms with van der Waals surface area (Å²) in [6, 6.07) is 13.6. The van der Waals surface area contributed by atoms with Crippen LogP contribution in [-0.2, 0) is 11.3 Å². The van der Waals surface area contributed by atoms with Gasteiger partial charge in [-0.05, 0) is 36.8 Å². The average molecular weight is 389 g/mol. The van der Waals surface area contributed by atoms with Crippen molar-refractivity contribution in [1.29, 1.82) is 0 Å². The Bertz CT molecular complexity index is 878. The van der Waals surface area contributed by atoms with E-state index in [2.05, 4.69) is 10.3 Å². The number of para-hydroxylation sites is 1. The zero-order valence-corrected chi connectivity index (χ0v) is 16.4. The number of amides is 1. The van der Waals surface area contributed by atoms with Gasteiger partial charge in [0.2, 0.25) is 5.91 Å². The average Bonchev–Trinajstić information content (AvgIpc) is 3.07. The molecule has 0 aliphatic rings. The molecule has 7 heteroatoms. The number of hydrogen-bond acceptors (Lipinski definition) is 6. The van der Waals surface area contributed by atoms with Crippen molar-refractivity contribution in [3.63, 3.8) is 0 Å².